The van der Waals surface area contributed by atoms with Crippen molar-refractivity contribution in [3.63, 3.8) is 0 Å². The molecule has 1 aliphatic heterocycles. The van der Waals surface area contributed by atoms with Gasteiger partial charge < -0.3 is 15.4 Å². The molecule has 1 aliphatic carbocycles. The summed E-state index contributed by atoms with van der Waals surface area (Å²) >= 11 is 1.86. The number of nitrogens with one attached hydrogen (secondary N) is 2. The van der Waals surface area contributed by atoms with Crippen LogP contribution in [-0.2, 0) is 13.1 Å². The van der Waals surface area contributed by atoms with Crippen LogP contribution in [-0.4, -0.2) is 44.1 Å². The van der Waals surface area contributed by atoms with E-state index in [1.165, 1.54) is 49.2 Å². The van der Waals surface area contributed by atoms with Gasteiger partial charge >= 0.3 is 0 Å². The summed E-state index contributed by atoms with van der Waals surface area (Å²) in [6, 6.07) is 12.7. The highest BCUT2D eigenvalue weighted by atomic mass is 127. The number of thiophene rings is 1. The molecule has 0 atom stereocenters. The number of rotatable bonds is 9. The van der Waals surface area contributed by atoms with Gasteiger partial charge in [0.1, 0.15) is 5.75 Å². The first-order valence-electron chi connectivity index (χ1n) is 11.2. The van der Waals surface area contributed by atoms with Gasteiger partial charge in [-0.2, -0.15) is 0 Å². The van der Waals surface area contributed by atoms with E-state index < -0.39 is 0 Å². The minimum Gasteiger partial charge on any atom is -0.493 e. The Balaban J connectivity index is 0.00000272. The van der Waals surface area contributed by atoms with Crippen LogP contribution in [0.2, 0.25) is 0 Å². The molecule has 1 saturated carbocycles. The minimum absolute atomic E-state index is 0. The molecule has 170 valence electrons. The molecule has 0 unspecified atom stereocenters. The van der Waals surface area contributed by atoms with Crippen LogP contribution in [0.3, 0.4) is 0 Å². The minimum atomic E-state index is 0. The van der Waals surface area contributed by atoms with Crippen molar-refractivity contribution in [3.05, 3.63) is 52.2 Å². The van der Waals surface area contributed by atoms with E-state index in [1.807, 2.05) is 24.5 Å². The van der Waals surface area contributed by atoms with Crippen LogP contribution in [0.1, 0.15) is 36.1 Å². The van der Waals surface area contributed by atoms with Crippen LogP contribution in [0.5, 0.6) is 5.75 Å². The fourth-order valence-electron chi connectivity index (χ4n) is 3.90. The SMILES string of the molecule is CN=C(NCc1ccccc1OCC1CC1)NCC1CCN(Cc2cccs2)CC1.I. The number of piperidine rings is 1. The molecule has 2 fully saturated rings. The van der Waals surface area contributed by atoms with Gasteiger partial charge in [0.05, 0.1) is 6.61 Å². The van der Waals surface area contributed by atoms with E-state index in [0.29, 0.717) is 5.92 Å². The molecule has 1 saturated heterocycles. The van der Waals surface area contributed by atoms with Crippen LogP contribution in [0.25, 0.3) is 0 Å². The number of halogens is 1. The highest BCUT2D eigenvalue weighted by molar-refractivity contribution is 14.0. The van der Waals surface area contributed by atoms with Crippen molar-refractivity contribution < 1.29 is 4.74 Å². The van der Waals surface area contributed by atoms with Gasteiger partial charge in [-0.3, -0.25) is 9.89 Å². The van der Waals surface area contributed by atoms with E-state index in [2.05, 4.69) is 56.2 Å². The van der Waals surface area contributed by atoms with Crippen LogP contribution < -0.4 is 15.4 Å². The Morgan fingerprint density at radius 2 is 1.87 bits per heavy atom. The lowest BCUT2D eigenvalue weighted by molar-refractivity contribution is 0.179. The van der Waals surface area contributed by atoms with Crippen molar-refractivity contribution in [2.75, 3.05) is 33.3 Å². The molecular formula is C24H35IN4OS. The molecule has 1 aromatic heterocycles. The van der Waals surface area contributed by atoms with Gasteiger partial charge in [-0.05, 0) is 68.1 Å². The second-order valence-corrected chi connectivity index (χ2v) is 9.50. The summed E-state index contributed by atoms with van der Waals surface area (Å²) < 4.78 is 6.03. The molecule has 0 bridgehead atoms. The summed E-state index contributed by atoms with van der Waals surface area (Å²) in [6.07, 6.45) is 5.11. The van der Waals surface area contributed by atoms with Crippen LogP contribution >= 0.6 is 35.3 Å². The summed E-state index contributed by atoms with van der Waals surface area (Å²) in [4.78, 5) is 8.46. The Morgan fingerprint density at radius 1 is 1.06 bits per heavy atom. The van der Waals surface area contributed by atoms with Crippen molar-refractivity contribution in [1.82, 2.24) is 15.5 Å². The second-order valence-electron chi connectivity index (χ2n) is 8.47. The zero-order valence-electron chi connectivity index (χ0n) is 18.4. The van der Waals surface area contributed by atoms with E-state index in [4.69, 9.17) is 4.74 Å². The van der Waals surface area contributed by atoms with Gasteiger partial charge in [-0.15, -0.1) is 35.3 Å². The number of likely N-dealkylation sites (tertiary alicyclic amines) is 1. The molecule has 2 N–H and O–H groups in total. The first-order chi connectivity index (χ1) is 14.8. The number of nitrogens with zero attached hydrogens (tertiary/aromatic N) is 2. The van der Waals surface area contributed by atoms with E-state index in [0.717, 1.165) is 43.9 Å². The van der Waals surface area contributed by atoms with E-state index in [9.17, 15) is 0 Å². The van der Waals surface area contributed by atoms with Crippen LogP contribution in [0.15, 0.2) is 46.8 Å². The molecule has 4 rings (SSSR count). The smallest absolute Gasteiger partial charge is 0.191 e. The van der Waals surface area contributed by atoms with E-state index in [-0.39, 0.29) is 24.0 Å². The normalized spacial score (nSPS) is 17.8. The summed E-state index contributed by atoms with van der Waals surface area (Å²) in [7, 11) is 1.84. The zero-order chi connectivity index (χ0) is 20.6. The maximum atomic E-state index is 6.03. The Labute approximate surface area is 207 Å². The molecule has 2 aliphatic rings. The predicted octanol–water partition coefficient (Wildman–Crippen LogP) is 4.73. The predicted molar refractivity (Wildman–Crippen MR) is 141 cm³/mol. The fraction of sp³-hybridized carbons (Fsp3) is 0.542. The number of para-hydroxylation sites is 1. The Hall–Kier alpha value is -1.32. The largest absolute Gasteiger partial charge is 0.493 e. The highest BCUT2D eigenvalue weighted by Gasteiger charge is 2.22. The van der Waals surface area contributed by atoms with E-state index in [1.54, 1.807) is 0 Å². The summed E-state index contributed by atoms with van der Waals surface area (Å²) in [6.45, 7) is 6.01. The average Bonchev–Trinajstić information content (AvgIpc) is 3.48. The number of hydrogen-bond donors (Lipinski definition) is 2. The van der Waals surface area contributed by atoms with Gasteiger partial charge in [0.15, 0.2) is 5.96 Å². The number of ether oxygens (including phenoxy) is 1. The van der Waals surface area contributed by atoms with Crippen molar-refractivity contribution in [2.24, 2.45) is 16.8 Å². The maximum Gasteiger partial charge on any atom is 0.191 e. The molecule has 0 spiro atoms. The third-order valence-electron chi connectivity index (χ3n) is 6.04. The lowest BCUT2D eigenvalue weighted by Gasteiger charge is -2.32. The van der Waals surface area contributed by atoms with Gasteiger partial charge in [-0.25, -0.2) is 0 Å². The lowest BCUT2D eigenvalue weighted by atomic mass is 9.97. The maximum absolute atomic E-state index is 6.03. The monoisotopic (exact) mass is 554 g/mol. The Kier molecular flexibility index (Phi) is 9.93. The number of benzene rings is 1. The molecule has 0 amide bonds. The lowest BCUT2D eigenvalue weighted by Crippen LogP contribution is -2.42. The zero-order valence-corrected chi connectivity index (χ0v) is 21.5. The third kappa shape index (κ3) is 7.95. The number of hydrogen-bond acceptors (Lipinski definition) is 4. The Morgan fingerprint density at radius 3 is 2.58 bits per heavy atom. The summed E-state index contributed by atoms with van der Waals surface area (Å²) in [5, 5.41) is 9.16. The van der Waals surface area contributed by atoms with Crippen LogP contribution in [0, 0.1) is 11.8 Å². The highest BCUT2D eigenvalue weighted by Crippen LogP contribution is 2.30. The third-order valence-corrected chi connectivity index (χ3v) is 6.90. The average molecular weight is 555 g/mol. The van der Waals surface area contributed by atoms with Crippen LogP contribution in [0.4, 0.5) is 0 Å². The summed E-state index contributed by atoms with van der Waals surface area (Å²) in [5.41, 5.74) is 1.18. The molecule has 2 heterocycles. The first kappa shape index (κ1) is 24.3. The van der Waals surface area contributed by atoms with Crippen molar-refractivity contribution in [1.29, 1.82) is 0 Å². The number of guanidine groups is 1. The molecule has 0 radical (unpaired) electrons. The fourth-order valence-corrected chi connectivity index (χ4v) is 4.64. The quantitative estimate of drug-likeness (QED) is 0.267. The molecule has 7 heteroatoms. The van der Waals surface area contributed by atoms with Crippen molar-refractivity contribution in [2.45, 2.75) is 38.8 Å². The topological polar surface area (TPSA) is 48.9 Å². The standard InChI is InChI=1S/C24H34N4OS.HI/c1-25-24(27-16-21-5-2-3-7-23(21)29-18-20-8-9-20)26-15-19-10-12-28(13-11-19)17-22-6-4-14-30-22;/h2-7,14,19-20H,8-13,15-18H2,1H3,(H2,25,26,27);1H. The van der Waals surface area contributed by atoms with E-state index >= 15 is 0 Å². The van der Waals surface area contributed by atoms with Gasteiger partial charge in [0, 0.05) is 37.1 Å². The molecule has 2 aromatic rings. The summed E-state index contributed by atoms with van der Waals surface area (Å²) in [5.74, 6) is 3.33. The first-order valence-corrected chi connectivity index (χ1v) is 12.1. The second kappa shape index (κ2) is 12.6. The van der Waals surface area contributed by atoms with Crippen molar-refractivity contribution >= 4 is 41.3 Å². The number of aliphatic imine (C=N–C) groups is 1. The molecule has 31 heavy (non-hydrogen) atoms. The van der Waals surface area contributed by atoms with Gasteiger partial charge in [0.25, 0.3) is 0 Å². The molecule has 1 aromatic carbocycles. The Bertz CT molecular complexity index is 802. The van der Waals surface area contributed by atoms with Crippen molar-refractivity contribution in [3.8, 4) is 5.75 Å². The van der Waals surface area contributed by atoms with Gasteiger partial charge in [0.2, 0.25) is 0 Å². The molecule has 5 nitrogen and oxygen atoms in total. The molecular weight excluding hydrogens is 519 g/mol. The van der Waals surface area contributed by atoms with Gasteiger partial charge in [-0.1, -0.05) is 24.3 Å².